The highest BCUT2D eigenvalue weighted by atomic mass is 79.9. The number of aromatic nitrogens is 2. The third-order valence-electron chi connectivity index (χ3n) is 2.00. The molecule has 1 aromatic rings. The number of nitrogens with zero attached hydrogens (tertiary/aromatic N) is 1. The Morgan fingerprint density at radius 1 is 1.62 bits per heavy atom. The van der Waals surface area contributed by atoms with E-state index in [1.807, 2.05) is 13.8 Å². The molecule has 0 bridgehead atoms. The summed E-state index contributed by atoms with van der Waals surface area (Å²) < 4.78 is 1.59. The highest BCUT2D eigenvalue weighted by Gasteiger charge is 2.09. The molecule has 0 aliphatic heterocycles. The van der Waals surface area contributed by atoms with Gasteiger partial charge in [0, 0.05) is 12.2 Å². The number of hydrogen-bond acceptors (Lipinski definition) is 2. The SMILES string of the molecule is CCC(C)n1c(=O)[nH]cc(Br)c1=O. The highest BCUT2D eigenvalue weighted by Crippen LogP contribution is 2.05. The molecule has 0 amide bonds. The molecule has 4 nitrogen and oxygen atoms in total. The molecule has 1 atom stereocenters. The van der Waals surface area contributed by atoms with Crippen molar-refractivity contribution in [2.24, 2.45) is 0 Å². The van der Waals surface area contributed by atoms with Crippen LogP contribution < -0.4 is 11.2 Å². The largest absolute Gasteiger partial charge is 0.328 e. The predicted octanol–water partition coefficient (Wildman–Crippen LogP) is 1.27. The Morgan fingerprint density at radius 3 is 2.77 bits per heavy atom. The molecule has 0 spiro atoms. The monoisotopic (exact) mass is 246 g/mol. The normalized spacial score (nSPS) is 12.8. The third-order valence-corrected chi connectivity index (χ3v) is 2.56. The predicted molar refractivity (Wildman–Crippen MR) is 54.0 cm³/mol. The maximum absolute atomic E-state index is 11.5. The molecule has 0 fully saturated rings. The van der Waals surface area contributed by atoms with E-state index >= 15 is 0 Å². The zero-order chi connectivity index (χ0) is 10.0. The van der Waals surface area contributed by atoms with Crippen molar-refractivity contribution in [1.82, 2.24) is 9.55 Å². The lowest BCUT2D eigenvalue weighted by atomic mass is 10.2. The van der Waals surface area contributed by atoms with Crippen molar-refractivity contribution >= 4 is 15.9 Å². The van der Waals surface area contributed by atoms with E-state index < -0.39 is 0 Å². The van der Waals surface area contributed by atoms with Crippen molar-refractivity contribution in [1.29, 1.82) is 0 Å². The Bertz CT molecular complexity index is 407. The van der Waals surface area contributed by atoms with Crippen LogP contribution in [-0.2, 0) is 0 Å². The first-order valence-corrected chi connectivity index (χ1v) is 4.87. The Kier molecular flexibility index (Phi) is 3.08. The molecule has 0 aromatic carbocycles. The van der Waals surface area contributed by atoms with Crippen molar-refractivity contribution in [2.75, 3.05) is 0 Å². The molecule has 0 radical (unpaired) electrons. The quantitative estimate of drug-likeness (QED) is 0.855. The van der Waals surface area contributed by atoms with Crippen LogP contribution in [0.3, 0.4) is 0 Å². The van der Waals surface area contributed by atoms with Crippen molar-refractivity contribution in [3.8, 4) is 0 Å². The van der Waals surface area contributed by atoms with E-state index in [1.54, 1.807) is 0 Å². The first-order valence-electron chi connectivity index (χ1n) is 4.07. The first-order chi connectivity index (χ1) is 6.07. The number of hydrogen-bond donors (Lipinski definition) is 1. The summed E-state index contributed by atoms with van der Waals surface area (Å²) in [4.78, 5) is 25.2. The Balaban J connectivity index is 3.43. The fraction of sp³-hybridized carbons (Fsp3) is 0.500. The smallest absolute Gasteiger partial charge is 0.313 e. The minimum atomic E-state index is -0.359. The van der Waals surface area contributed by atoms with Crippen LogP contribution in [0, 0.1) is 0 Å². The minimum Gasteiger partial charge on any atom is -0.313 e. The van der Waals surface area contributed by atoms with E-state index in [2.05, 4.69) is 20.9 Å². The van der Waals surface area contributed by atoms with Gasteiger partial charge in [0.25, 0.3) is 5.56 Å². The van der Waals surface area contributed by atoms with Gasteiger partial charge in [0.1, 0.15) is 0 Å². The van der Waals surface area contributed by atoms with Gasteiger partial charge in [-0.15, -0.1) is 0 Å². The molecule has 1 heterocycles. The summed E-state index contributed by atoms with van der Waals surface area (Å²) in [5.41, 5.74) is -0.638. The summed E-state index contributed by atoms with van der Waals surface area (Å²) in [7, 11) is 0. The fourth-order valence-electron chi connectivity index (χ4n) is 1.05. The summed E-state index contributed by atoms with van der Waals surface area (Å²) in [6, 6.07) is -0.0752. The van der Waals surface area contributed by atoms with Gasteiger partial charge in [-0.1, -0.05) is 6.92 Å². The second-order valence-electron chi connectivity index (χ2n) is 2.87. The zero-order valence-electron chi connectivity index (χ0n) is 7.50. The summed E-state index contributed by atoms with van der Waals surface area (Å²) >= 11 is 3.07. The maximum atomic E-state index is 11.5. The molecule has 5 heteroatoms. The van der Waals surface area contributed by atoms with E-state index in [-0.39, 0.29) is 17.3 Å². The van der Waals surface area contributed by atoms with Crippen molar-refractivity contribution in [3.05, 3.63) is 31.5 Å². The summed E-state index contributed by atoms with van der Waals surface area (Å²) in [5, 5.41) is 0. The van der Waals surface area contributed by atoms with Gasteiger partial charge >= 0.3 is 5.69 Å². The highest BCUT2D eigenvalue weighted by molar-refractivity contribution is 9.10. The molecule has 72 valence electrons. The Labute approximate surface area is 83.7 Å². The van der Waals surface area contributed by atoms with Crippen LogP contribution in [0.5, 0.6) is 0 Å². The van der Waals surface area contributed by atoms with Crippen LogP contribution in [0.2, 0.25) is 0 Å². The molecule has 0 saturated heterocycles. The zero-order valence-corrected chi connectivity index (χ0v) is 9.09. The van der Waals surface area contributed by atoms with E-state index in [0.717, 1.165) is 6.42 Å². The van der Waals surface area contributed by atoms with Gasteiger partial charge in [0.2, 0.25) is 0 Å². The maximum Gasteiger partial charge on any atom is 0.328 e. The summed E-state index contributed by atoms with van der Waals surface area (Å²) in [6.45, 7) is 3.76. The lowest BCUT2D eigenvalue weighted by Gasteiger charge is -2.10. The van der Waals surface area contributed by atoms with E-state index in [4.69, 9.17) is 0 Å². The molecule has 0 saturated carbocycles. The number of aromatic amines is 1. The lowest BCUT2D eigenvalue weighted by Crippen LogP contribution is -2.36. The van der Waals surface area contributed by atoms with Crippen LogP contribution in [0.25, 0.3) is 0 Å². The van der Waals surface area contributed by atoms with Crippen LogP contribution in [0.4, 0.5) is 0 Å². The second-order valence-corrected chi connectivity index (χ2v) is 3.73. The molecule has 0 aliphatic rings. The molecule has 1 rings (SSSR count). The average molecular weight is 247 g/mol. The van der Waals surface area contributed by atoms with Crippen LogP contribution >= 0.6 is 15.9 Å². The third kappa shape index (κ3) is 1.91. The minimum absolute atomic E-state index is 0.0752. The number of rotatable bonds is 2. The van der Waals surface area contributed by atoms with Gasteiger partial charge in [-0.3, -0.25) is 9.36 Å². The fourth-order valence-corrected chi connectivity index (χ4v) is 1.35. The molecular weight excluding hydrogens is 236 g/mol. The summed E-state index contributed by atoms with van der Waals surface area (Å²) in [6.07, 6.45) is 2.11. The van der Waals surface area contributed by atoms with Gasteiger partial charge in [0.15, 0.2) is 0 Å². The van der Waals surface area contributed by atoms with Crippen molar-refractivity contribution in [2.45, 2.75) is 26.3 Å². The first kappa shape index (κ1) is 10.2. The molecular formula is C8H11BrN2O2. The molecule has 13 heavy (non-hydrogen) atoms. The van der Waals surface area contributed by atoms with Crippen LogP contribution in [0.1, 0.15) is 26.3 Å². The van der Waals surface area contributed by atoms with Crippen molar-refractivity contribution in [3.63, 3.8) is 0 Å². The van der Waals surface area contributed by atoms with Crippen molar-refractivity contribution < 1.29 is 0 Å². The molecule has 1 aromatic heterocycles. The molecule has 1 unspecified atom stereocenters. The van der Waals surface area contributed by atoms with Gasteiger partial charge in [-0.2, -0.15) is 0 Å². The van der Waals surface area contributed by atoms with Crippen LogP contribution in [-0.4, -0.2) is 9.55 Å². The van der Waals surface area contributed by atoms with Gasteiger partial charge in [-0.25, -0.2) is 4.79 Å². The second kappa shape index (κ2) is 3.91. The van der Waals surface area contributed by atoms with Crippen LogP contribution in [0.15, 0.2) is 20.3 Å². The van der Waals surface area contributed by atoms with E-state index in [0.29, 0.717) is 4.47 Å². The standard InChI is InChI=1S/C8H11BrN2O2/c1-3-5(2)11-7(12)6(9)4-10-8(11)13/h4-5H,3H2,1-2H3,(H,10,13). The summed E-state index contributed by atoms with van der Waals surface area (Å²) in [5.74, 6) is 0. The Hall–Kier alpha value is -0.840. The number of halogens is 1. The van der Waals surface area contributed by atoms with Gasteiger partial charge < -0.3 is 4.98 Å². The molecule has 0 aliphatic carbocycles. The van der Waals surface area contributed by atoms with Gasteiger partial charge in [0.05, 0.1) is 4.47 Å². The number of H-pyrrole nitrogens is 1. The Morgan fingerprint density at radius 2 is 2.23 bits per heavy atom. The topological polar surface area (TPSA) is 54.9 Å². The number of nitrogens with one attached hydrogen (secondary N) is 1. The average Bonchev–Trinajstić information content (AvgIpc) is 2.12. The molecule has 1 N–H and O–H groups in total. The lowest BCUT2D eigenvalue weighted by molar-refractivity contribution is 0.488. The van der Waals surface area contributed by atoms with E-state index in [9.17, 15) is 9.59 Å². The van der Waals surface area contributed by atoms with Gasteiger partial charge in [-0.05, 0) is 29.3 Å². The van der Waals surface area contributed by atoms with E-state index in [1.165, 1.54) is 10.8 Å².